The number of carbonyl (C=O) groups is 2. The second kappa shape index (κ2) is 5.96. The molecule has 0 aromatic carbocycles. The van der Waals surface area contributed by atoms with Crippen LogP contribution in [0.3, 0.4) is 0 Å². The molecule has 0 saturated carbocycles. The number of ether oxygens (including phenoxy) is 1. The van der Waals surface area contributed by atoms with Gasteiger partial charge in [0.05, 0.1) is 12.1 Å². The molecule has 1 unspecified atom stereocenters. The highest BCUT2D eigenvalue weighted by molar-refractivity contribution is 7.07. The Morgan fingerprint density at radius 1 is 1.45 bits per heavy atom. The number of thiazole rings is 1. The van der Waals surface area contributed by atoms with Crippen molar-refractivity contribution in [2.45, 2.75) is 26.3 Å². The molecule has 7 heteroatoms. The molecule has 1 spiro atoms. The van der Waals surface area contributed by atoms with Gasteiger partial charge in [0.1, 0.15) is 12.3 Å². The van der Waals surface area contributed by atoms with Crippen molar-refractivity contribution in [1.82, 2.24) is 14.8 Å². The fourth-order valence-electron chi connectivity index (χ4n) is 3.24. The van der Waals surface area contributed by atoms with Crippen LogP contribution >= 0.6 is 11.3 Å². The lowest BCUT2D eigenvalue weighted by atomic mass is 9.87. The van der Waals surface area contributed by atoms with Gasteiger partial charge < -0.3 is 14.5 Å². The minimum absolute atomic E-state index is 0.0233. The number of carbonyl (C=O) groups excluding carboxylic acids is 2. The number of likely N-dealkylation sites (tertiary alicyclic amines) is 1. The summed E-state index contributed by atoms with van der Waals surface area (Å²) in [6.45, 7) is 6.68. The maximum absolute atomic E-state index is 12.4. The predicted octanol–water partition coefficient (Wildman–Crippen LogP) is 1.24. The quantitative estimate of drug-likeness (QED) is 0.821. The van der Waals surface area contributed by atoms with E-state index in [2.05, 4.69) is 4.98 Å². The fraction of sp³-hybridized carbons (Fsp3) is 0.667. The van der Waals surface area contributed by atoms with E-state index in [-0.39, 0.29) is 29.9 Å². The molecular formula is C15H21N3O3S. The first-order valence-electron chi connectivity index (χ1n) is 7.55. The molecule has 6 nitrogen and oxygen atoms in total. The molecule has 0 aliphatic carbocycles. The Morgan fingerprint density at radius 2 is 2.27 bits per heavy atom. The minimum Gasteiger partial charge on any atom is -0.371 e. The van der Waals surface area contributed by atoms with Crippen LogP contribution < -0.4 is 0 Å². The first-order chi connectivity index (χ1) is 10.5. The molecule has 22 heavy (non-hydrogen) atoms. The Hall–Kier alpha value is -1.47. The molecule has 3 rings (SSSR count). The second-order valence-corrected chi connectivity index (χ2v) is 7.18. The molecule has 0 radical (unpaired) electrons. The summed E-state index contributed by atoms with van der Waals surface area (Å²) in [7, 11) is 0. The van der Waals surface area contributed by atoms with Crippen molar-refractivity contribution >= 4 is 23.2 Å². The number of aromatic nitrogens is 1. The summed E-state index contributed by atoms with van der Waals surface area (Å²) in [5.74, 6) is 0.0148. The van der Waals surface area contributed by atoms with Crippen molar-refractivity contribution in [1.29, 1.82) is 0 Å². The Kier molecular flexibility index (Phi) is 4.18. The third-order valence-corrected chi connectivity index (χ3v) is 5.05. The zero-order chi connectivity index (χ0) is 15.7. The Balaban J connectivity index is 1.74. The predicted molar refractivity (Wildman–Crippen MR) is 82.7 cm³/mol. The van der Waals surface area contributed by atoms with Crippen LogP contribution in [0.15, 0.2) is 10.9 Å². The van der Waals surface area contributed by atoms with Crippen molar-refractivity contribution in [2.75, 3.05) is 32.8 Å². The molecule has 2 aliphatic heterocycles. The molecule has 2 fully saturated rings. The summed E-state index contributed by atoms with van der Waals surface area (Å²) in [4.78, 5) is 32.4. The highest BCUT2D eigenvalue weighted by Crippen LogP contribution is 2.34. The lowest BCUT2D eigenvalue weighted by Crippen LogP contribution is -2.46. The third kappa shape index (κ3) is 2.87. The maximum atomic E-state index is 12.4. The van der Waals surface area contributed by atoms with Crippen molar-refractivity contribution in [3.8, 4) is 0 Å². The molecule has 3 heterocycles. The summed E-state index contributed by atoms with van der Waals surface area (Å²) in [5.41, 5.74) is 2.03. The van der Waals surface area contributed by atoms with Crippen LogP contribution in [0.5, 0.6) is 0 Å². The third-order valence-electron chi connectivity index (χ3n) is 4.46. The molecule has 0 bridgehead atoms. The van der Waals surface area contributed by atoms with Gasteiger partial charge in [-0.25, -0.2) is 4.98 Å². The Bertz CT molecular complexity index is 560. The monoisotopic (exact) mass is 323 g/mol. The van der Waals surface area contributed by atoms with E-state index in [1.54, 1.807) is 10.9 Å². The smallest absolute Gasteiger partial charge is 0.273 e. The van der Waals surface area contributed by atoms with E-state index in [9.17, 15) is 9.59 Å². The number of hydrogen-bond acceptors (Lipinski definition) is 5. The molecule has 2 aliphatic rings. The van der Waals surface area contributed by atoms with E-state index in [0.717, 1.165) is 6.42 Å². The zero-order valence-electron chi connectivity index (χ0n) is 12.9. The van der Waals surface area contributed by atoms with Crippen LogP contribution in [0.25, 0.3) is 0 Å². The standard InChI is InChI=1S/C15H21N3O3S/c1-11(2)18-8-15(9-21-5-13(18)19)3-4-17(7-15)14(20)12-6-22-10-16-12/h6,10-11H,3-5,7-9H2,1-2H3. The number of hydrogen-bond donors (Lipinski definition) is 0. The topological polar surface area (TPSA) is 62.7 Å². The maximum Gasteiger partial charge on any atom is 0.273 e. The Labute approximate surface area is 134 Å². The van der Waals surface area contributed by atoms with Gasteiger partial charge in [0.15, 0.2) is 0 Å². The van der Waals surface area contributed by atoms with Gasteiger partial charge in [0.25, 0.3) is 5.91 Å². The van der Waals surface area contributed by atoms with E-state index in [0.29, 0.717) is 31.9 Å². The normalized spacial score (nSPS) is 26.0. The van der Waals surface area contributed by atoms with E-state index in [1.807, 2.05) is 23.6 Å². The van der Waals surface area contributed by atoms with Crippen LogP contribution in [0.2, 0.25) is 0 Å². The van der Waals surface area contributed by atoms with Crippen LogP contribution in [0.1, 0.15) is 30.8 Å². The van der Waals surface area contributed by atoms with Gasteiger partial charge in [-0.1, -0.05) is 0 Å². The van der Waals surface area contributed by atoms with Crippen LogP contribution in [-0.2, 0) is 9.53 Å². The van der Waals surface area contributed by atoms with Gasteiger partial charge >= 0.3 is 0 Å². The Morgan fingerprint density at radius 3 is 2.95 bits per heavy atom. The molecule has 0 N–H and O–H groups in total. The molecule has 2 saturated heterocycles. The van der Waals surface area contributed by atoms with Crippen LogP contribution in [0, 0.1) is 5.41 Å². The highest BCUT2D eigenvalue weighted by atomic mass is 32.1. The van der Waals surface area contributed by atoms with Crippen molar-refractivity contribution in [2.24, 2.45) is 5.41 Å². The van der Waals surface area contributed by atoms with E-state index < -0.39 is 0 Å². The SMILES string of the molecule is CC(C)N1CC2(CCN(C(=O)c3cscn3)C2)COCC1=O. The van der Waals surface area contributed by atoms with Gasteiger partial charge in [0, 0.05) is 36.5 Å². The second-order valence-electron chi connectivity index (χ2n) is 6.46. The summed E-state index contributed by atoms with van der Waals surface area (Å²) < 4.78 is 5.60. The molecule has 2 amide bonds. The lowest BCUT2D eigenvalue weighted by molar-refractivity contribution is -0.135. The molecule has 120 valence electrons. The van der Waals surface area contributed by atoms with Crippen LogP contribution in [-0.4, -0.2) is 65.5 Å². The largest absolute Gasteiger partial charge is 0.371 e. The molecule has 1 aromatic heterocycles. The summed E-state index contributed by atoms with van der Waals surface area (Å²) in [6.07, 6.45) is 0.860. The number of rotatable bonds is 2. The van der Waals surface area contributed by atoms with Crippen molar-refractivity contribution < 1.29 is 14.3 Å². The van der Waals surface area contributed by atoms with Crippen molar-refractivity contribution in [3.63, 3.8) is 0 Å². The number of nitrogens with zero attached hydrogens (tertiary/aromatic N) is 3. The summed E-state index contributed by atoms with van der Waals surface area (Å²) >= 11 is 1.43. The summed E-state index contributed by atoms with van der Waals surface area (Å²) in [5, 5.41) is 1.78. The van der Waals surface area contributed by atoms with E-state index in [4.69, 9.17) is 4.74 Å². The minimum atomic E-state index is -0.151. The average Bonchev–Trinajstić information content (AvgIpc) is 3.10. The van der Waals surface area contributed by atoms with E-state index >= 15 is 0 Å². The van der Waals surface area contributed by atoms with Crippen molar-refractivity contribution in [3.05, 3.63) is 16.6 Å². The fourth-order valence-corrected chi connectivity index (χ4v) is 3.76. The van der Waals surface area contributed by atoms with Gasteiger partial charge in [-0.3, -0.25) is 9.59 Å². The van der Waals surface area contributed by atoms with Gasteiger partial charge in [0.2, 0.25) is 5.91 Å². The highest BCUT2D eigenvalue weighted by Gasteiger charge is 2.44. The number of amides is 2. The first-order valence-corrected chi connectivity index (χ1v) is 8.50. The van der Waals surface area contributed by atoms with Gasteiger partial charge in [-0.15, -0.1) is 11.3 Å². The molecule has 1 aromatic rings. The zero-order valence-corrected chi connectivity index (χ0v) is 13.8. The molecule has 1 atom stereocenters. The van der Waals surface area contributed by atoms with Gasteiger partial charge in [-0.2, -0.15) is 0 Å². The van der Waals surface area contributed by atoms with Crippen LogP contribution in [0.4, 0.5) is 0 Å². The van der Waals surface area contributed by atoms with E-state index in [1.165, 1.54) is 11.3 Å². The lowest BCUT2D eigenvalue weighted by Gasteiger charge is -2.34. The summed E-state index contributed by atoms with van der Waals surface area (Å²) in [6, 6.07) is 0.148. The first kappa shape index (κ1) is 15.4. The molecular weight excluding hydrogens is 302 g/mol. The van der Waals surface area contributed by atoms with Gasteiger partial charge in [-0.05, 0) is 20.3 Å². The average molecular weight is 323 g/mol.